The number of hydrogen-bond acceptors (Lipinski definition) is 5. The van der Waals surface area contributed by atoms with E-state index in [2.05, 4.69) is 5.32 Å². The van der Waals surface area contributed by atoms with Crippen molar-refractivity contribution in [3.63, 3.8) is 0 Å². The van der Waals surface area contributed by atoms with Gasteiger partial charge in [-0.25, -0.2) is 0 Å². The van der Waals surface area contributed by atoms with Crippen LogP contribution < -0.4 is 29.2 Å². The van der Waals surface area contributed by atoms with E-state index in [0.29, 0.717) is 31.1 Å². The van der Waals surface area contributed by atoms with E-state index in [4.69, 9.17) is 18.9 Å². The van der Waals surface area contributed by atoms with E-state index in [-0.39, 0.29) is 12.7 Å². The summed E-state index contributed by atoms with van der Waals surface area (Å²) < 4.78 is 21.4. The van der Waals surface area contributed by atoms with Crippen molar-refractivity contribution in [3.05, 3.63) is 47.5 Å². The average molecular weight is 373 g/mol. The molecule has 0 fully saturated rings. The van der Waals surface area contributed by atoms with Gasteiger partial charge >= 0.3 is 0 Å². The van der Waals surface area contributed by atoms with Crippen LogP contribution in [0.4, 0.5) is 0 Å². The van der Waals surface area contributed by atoms with E-state index in [1.807, 2.05) is 43.4 Å². The molecule has 1 aliphatic heterocycles. The fraction of sp³-hybridized carbons (Fsp3) is 0.350. The molecule has 0 radical (unpaired) electrons. The maximum absolute atomic E-state index is 12.3. The number of carbonyl (C=O) groups is 1. The molecular formula is C20H25N2O5+. The van der Waals surface area contributed by atoms with Crippen LogP contribution >= 0.6 is 0 Å². The summed E-state index contributed by atoms with van der Waals surface area (Å²) in [5.74, 6) is 2.83. The Morgan fingerprint density at radius 3 is 2.74 bits per heavy atom. The molecule has 1 heterocycles. The fourth-order valence-corrected chi connectivity index (χ4v) is 3.07. The Balaban J connectivity index is 1.52. The Labute approximate surface area is 158 Å². The molecule has 0 saturated carbocycles. The SMILES string of the molecule is COc1cccc(C[NH+](C)CC(=O)NCc2ccc3c(c2)OCO3)c1OC. The second kappa shape index (κ2) is 8.64. The van der Waals surface area contributed by atoms with Gasteiger partial charge in [0.2, 0.25) is 6.79 Å². The van der Waals surface area contributed by atoms with Gasteiger partial charge in [-0.15, -0.1) is 0 Å². The Hall–Kier alpha value is -2.93. The molecule has 1 atom stereocenters. The summed E-state index contributed by atoms with van der Waals surface area (Å²) in [4.78, 5) is 13.3. The first-order chi connectivity index (χ1) is 13.1. The van der Waals surface area contributed by atoms with Gasteiger partial charge in [-0.3, -0.25) is 4.79 Å². The zero-order chi connectivity index (χ0) is 19.2. The Bertz CT molecular complexity index is 809. The number of nitrogens with one attached hydrogen (secondary N) is 2. The van der Waals surface area contributed by atoms with Crippen LogP contribution in [0.3, 0.4) is 0 Å². The highest BCUT2D eigenvalue weighted by molar-refractivity contribution is 5.76. The van der Waals surface area contributed by atoms with Crippen LogP contribution in [0.25, 0.3) is 0 Å². The second-order valence-electron chi connectivity index (χ2n) is 6.43. The van der Waals surface area contributed by atoms with Crippen molar-refractivity contribution in [2.24, 2.45) is 0 Å². The van der Waals surface area contributed by atoms with Gasteiger partial charge in [0.1, 0.15) is 6.54 Å². The number of hydrogen-bond donors (Lipinski definition) is 2. The molecule has 7 nitrogen and oxygen atoms in total. The van der Waals surface area contributed by atoms with Crippen molar-refractivity contribution in [2.75, 3.05) is 34.6 Å². The van der Waals surface area contributed by atoms with Gasteiger partial charge in [-0.2, -0.15) is 0 Å². The Morgan fingerprint density at radius 1 is 1.15 bits per heavy atom. The number of para-hydroxylation sites is 1. The van der Waals surface area contributed by atoms with Gasteiger partial charge in [0.25, 0.3) is 5.91 Å². The number of fused-ring (bicyclic) bond motifs is 1. The van der Waals surface area contributed by atoms with Gasteiger partial charge in [0.15, 0.2) is 29.5 Å². The molecule has 0 aliphatic carbocycles. The lowest BCUT2D eigenvalue weighted by molar-refractivity contribution is -0.885. The topological polar surface area (TPSA) is 70.5 Å². The van der Waals surface area contributed by atoms with Crippen molar-refractivity contribution >= 4 is 5.91 Å². The molecule has 0 saturated heterocycles. The van der Waals surface area contributed by atoms with Gasteiger partial charge < -0.3 is 29.2 Å². The third-order valence-corrected chi connectivity index (χ3v) is 4.37. The quantitative estimate of drug-likeness (QED) is 0.715. The molecular weight excluding hydrogens is 348 g/mol. The number of quaternary nitrogens is 1. The number of likely N-dealkylation sites (N-methyl/N-ethyl adjacent to an activating group) is 1. The van der Waals surface area contributed by atoms with Gasteiger partial charge in [-0.05, 0) is 29.8 Å². The van der Waals surface area contributed by atoms with Crippen molar-refractivity contribution in [1.29, 1.82) is 0 Å². The summed E-state index contributed by atoms with van der Waals surface area (Å²) >= 11 is 0. The molecule has 2 N–H and O–H groups in total. The van der Waals surface area contributed by atoms with E-state index in [9.17, 15) is 4.79 Å². The number of methoxy groups -OCH3 is 2. The highest BCUT2D eigenvalue weighted by Crippen LogP contribution is 2.32. The van der Waals surface area contributed by atoms with E-state index >= 15 is 0 Å². The molecule has 0 spiro atoms. The monoisotopic (exact) mass is 373 g/mol. The first-order valence-electron chi connectivity index (χ1n) is 8.77. The minimum Gasteiger partial charge on any atom is -0.493 e. The lowest BCUT2D eigenvalue weighted by Crippen LogP contribution is -3.08. The van der Waals surface area contributed by atoms with Crippen LogP contribution in [0.5, 0.6) is 23.0 Å². The van der Waals surface area contributed by atoms with E-state index in [1.165, 1.54) is 0 Å². The summed E-state index contributed by atoms with van der Waals surface area (Å²) in [5, 5.41) is 2.95. The normalized spacial score (nSPS) is 13.1. The third kappa shape index (κ3) is 4.62. The summed E-state index contributed by atoms with van der Waals surface area (Å²) in [6.45, 7) is 1.70. The number of ether oxygens (including phenoxy) is 4. The molecule has 2 aromatic carbocycles. The van der Waals surface area contributed by atoms with Crippen molar-refractivity contribution < 1.29 is 28.6 Å². The van der Waals surface area contributed by atoms with Crippen molar-refractivity contribution in [3.8, 4) is 23.0 Å². The fourth-order valence-electron chi connectivity index (χ4n) is 3.07. The molecule has 1 amide bonds. The molecule has 0 bridgehead atoms. The Morgan fingerprint density at radius 2 is 1.96 bits per heavy atom. The molecule has 1 aliphatic rings. The summed E-state index contributed by atoms with van der Waals surface area (Å²) in [5.41, 5.74) is 1.97. The molecule has 3 rings (SSSR count). The maximum atomic E-state index is 12.3. The largest absolute Gasteiger partial charge is 0.493 e. The second-order valence-corrected chi connectivity index (χ2v) is 6.43. The third-order valence-electron chi connectivity index (χ3n) is 4.37. The molecule has 144 valence electrons. The number of amides is 1. The molecule has 27 heavy (non-hydrogen) atoms. The summed E-state index contributed by atoms with van der Waals surface area (Å²) in [6, 6.07) is 11.4. The van der Waals surface area contributed by atoms with Gasteiger partial charge in [0, 0.05) is 6.54 Å². The number of carbonyl (C=O) groups excluding carboxylic acids is 1. The van der Waals surface area contributed by atoms with Crippen LogP contribution in [-0.2, 0) is 17.9 Å². The smallest absolute Gasteiger partial charge is 0.275 e. The van der Waals surface area contributed by atoms with Crippen molar-refractivity contribution in [1.82, 2.24) is 5.32 Å². The van der Waals surface area contributed by atoms with Crippen molar-refractivity contribution in [2.45, 2.75) is 13.1 Å². The molecule has 7 heteroatoms. The van der Waals surface area contributed by atoms with E-state index in [1.54, 1.807) is 14.2 Å². The molecule has 1 unspecified atom stereocenters. The van der Waals surface area contributed by atoms with Gasteiger partial charge in [0.05, 0.1) is 26.8 Å². The lowest BCUT2D eigenvalue weighted by atomic mass is 10.1. The maximum Gasteiger partial charge on any atom is 0.275 e. The average Bonchev–Trinajstić information content (AvgIpc) is 3.13. The highest BCUT2D eigenvalue weighted by atomic mass is 16.7. The predicted molar refractivity (Wildman–Crippen MR) is 99.4 cm³/mol. The minimum atomic E-state index is -0.0213. The van der Waals surface area contributed by atoms with Crippen LogP contribution in [-0.4, -0.2) is 40.5 Å². The van der Waals surface area contributed by atoms with Crippen LogP contribution in [0.15, 0.2) is 36.4 Å². The first kappa shape index (κ1) is 18.8. The van der Waals surface area contributed by atoms with Gasteiger partial charge in [-0.1, -0.05) is 12.1 Å². The standard InChI is InChI=1S/C20H24N2O5/c1-22(11-15-5-4-6-17(24-2)20(15)25-3)12-19(23)21-10-14-7-8-16-18(9-14)27-13-26-16/h4-9H,10-13H2,1-3H3,(H,21,23)/p+1. The highest BCUT2D eigenvalue weighted by Gasteiger charge is 2.17. The lowest BCUT2D eigenvalue weighted by Gasteiger charge is -2.17. The predicted octanol–water partition coefficient (Wildman–Crippen LogP) is 0.764. The molecule has 0 aromatic heterocycles. The zero-order valence-corrected chi connectivity index (χ0v) is 15.8. The minimum absolute atomic E-state index is 0.0213. The van der Waals surface area contributed by atoms with E-state index < -0.39 is 0 Å². The Kier molecular flexibility index (Phi) is 6.03. The number of rotatable bonds is 8. The zero-order valence-electron chi connectivity index (χ0n) is 15.8. The van der Waals surface area contributed by atoms with Crippen LogP contribution in [0.2, 0.25) is 0 Å². The van der Waals surface area contributed by atoms with Crippen LogP contribution in [0, 0.1) is 0 Å². The summed E-state index contributed by atoms with van der Waals surface area (Å²) in [6.07, 6.45) is 0. The summed E-state index contributed by atoms with van der Waals surface area (Å²) in [7, 11) is 5.20. The molecule has 2 aromatic rings. The van der Waals surface area contributed by atoms with Crippen LogP contribution in [0.1, 0.15) is 11.1 Å². The van der Waals surface area contributed by atoms with E-state index in [0.717, 1.165) is 27.5 Å². The number of benzene rings is 2. The first-order valence-corrected chi connectivity index (χ1v) is 8.77.